The zero-order valence-electron chi connectivity index (χ0n) is 5.09. The van der Waals surface area contributed by atoms with Crippen molar-refractivity contribution in [3.63, 3.8) is 0 Å². The Hall–Kier alpha value is -1.27. The number of rotatable bonds is 0. The lowest BCUT2D eigenvalue weighted by Crippen LogP contribution is -2.54. The fraction of sp³-hybridized carbons (Fsp3) is 0.500. The lowest BCUT2D eigenvalue weighted by molar-refractivity contribution is -0.157. The number of hydrogen-bond donors (Lipinski definition) is 1. The van der Waals surface area contributed by atoms with Crippen molar-refractivity contribution in [1.82, 2.24) is 15.6 Å². The first kappa shape index (κ1) is 7.83. The van der Waals surface area contributed by atoms with E-state index in [4.69, 9.17) is 0 Å². The first-order valence-electron chi connectivity index (χ1n) is 2.60. The monoisotopic (exact) mass is 166 g/mol. The summed E-state index contributed by atoms with van der Waals surface area (Å²) < 4.78 is 35.2. The second kappa shape index (κ2) is 2.40. The zero-order valence-corrected chi connectivity index (χ0v) is 5.09. The van der Waals surface area contributed by atoms with Gasteiger partial charge in [0.2, 0.25) is 6.34 Å². The van der Waals surface area contributed by atoms with Crippen molar-refractivity contribution in [2.24, 2.45) is 0 Å². The maximum Gasteiger partial charge on any atom is 0.509 e. The zero-order chi connectivity index (χ0) is 8.48. The van der Waals surface area contributed by atoms with Gasteiger partial charge in [-0.25, -0.2) is 4.79 Å². The lowest BCUT2D eigenvalue weighted by Gasteiger charge is -2.12. The lowest BCUT2D eigenvalue weighted by atomic mass is 10.4. The van der Waals surface area contributed by atoms with Crippen LogP contribution in [-0.4, -0.2) is 24.7 Å². The third kappa shape index (κ3) is 1.82. The van der Waals surface area contributed by atoms with Gasteiger partial charge in [0.25, 0.3) is 0 Å². The molecule has 1 atom stereocenters. The Kier molecular flexibility index (Phi) is 1.71. The summed E-state index contributed by atoms with van der Waals surface area (Å²) in [6, 6.07) is -1.12. The highest BCUT2D eigenvalue weighted by molar-refractivity contribution is 5.82. The van der Waals surface area contributed by atoms with Crippen LogP contribution in [0.2, 0.25) is 0 Å². The van der Waals surface area contributed by atoms with Gasteiger partial charge in [-0.05, 0) is 4.99 Å². The van der Waals surface area contributed by atoms with E-state index in [2.05, 4.69) is 10.3 Å². The normalized spacial score (nSPS) is 24.3. The molecule has 1 N–H and O–H groups in total. The molecule has 0 aromatic rings. The van der Waals surface area contributed by atoms with Crippen LogP contribution >= 0.6 is 0 Å². The molecule has 60 valence electrons. The van der Waals surface area contributed by atoms with E-state index in [-0.39, 0.29) is 0 Å². The molecular formula is C4H3F3N3O+. The van der Waals surface area contributed by atoms with Gasteiger partial charge in [-0.2, -0.15) is 13.2 Å². The predicted octanol–water partition coefficient (Wildman–Crippen LogP) is -0.433. The molecule has 0 spiro atoms. The molecule has 0 aliphatic carbocycles. The van der Waals surface area contributed by atoms with Crippen molar-refractivity contribution in [2.75, 3.05) is 0 Å². The number of carbonyl (C=O) groups excluding carboxylic acids is 1. The molecule has 1 heterocycles. The predicted molar refractivity (Wildman–Crippen MR) is 28.7 cm³/mol. The van der Waals surface area contributed by atoms with Crippen LogP contribution in [0.1, 0.15) is 0 Å². The maximum absolute atomic E-state index is 11.7. The fourth-order valence-corrected chi connectivity index (χ4v) is 0.512. The highest BCUT2D eigenvalue weighted by Gasteiger charge is 2.49. The molecule has 7 heteroatoms. The summed E-state index contributed by atoms with van der Waals surface area (Å²) in [6.45, 7) is 0. The van der Waals surface area contributed by atoms with Crippen molar-refractivity contribution >= 4 is 12.4 Å². The smallest absolute Gasteiger partial charge is 0.266 e. The van der Waals surface area contributed by atoms with Gasteiger partial charge in [-0.1, -0.05) is 5.32 Å². The summed E-state index contributed by atoms with van der Waals surface area (Å²) in [6.07, 6.45) is -6.00. The van der Waals surface area contributed by atoms with Crippen LogP contribution in [0.4, 0.5) is 18.0 Å². The molecule has 1 unspecified atom stereocenters. The van der Waals surface area contributed by atoms with Crippen molar-refractivity contribution in [1.29, 1.82) is 0 Å². The second-order valence-electron chi connectivity index (χ2n) is 1.78. The molecule has 0 bridgehead atoms. The topological polar surface area (TPSA) is 57.3 Å². The van der Waals surface area contributed by atoms with Crippen LogP contribution in [0, 0.1) is 0 Å². The van der Waals surface area contributed by atoms with Crippen LogP contribution in [0.5, 0.6) is 0 Å². The molecule has 0 saturated heterocycles. The minimum atomic E-state index is -4.54. The van der Waals surface area contributed by atoms with E-state index >= 15 is 0 Å². The number of nitrogens with one attached hydrogen (secondary N) is 1. The highest BCUT2D eigenvalue weighted by atomic mass is 19.4. The Bertz CT molecular complexity index is 199. The molecule has 2 radical (unpaired) electrons. The summed E-state index contributed by atoms with van der Waals surface area (Å²) in [5.74, 6) is 0. The first-order chi connectivity index (χ1) is 5.00. The average molecular weight is 166 g/mol. The number of alkyl halides is 3. The van der Waals surface area contributed by atoms with Gasteiger partial charge in [0.15, 0.2) is 0 Å². The molecule has 1 aliphatic heterocycles. The Morgan fingerprint density at radius 2 is 2.27 bits per heavy atom. The van der Waals surface area contributed by atoms with Crippen LogP contribution in [0.15, 0.2) is 0 Å². The van der Waals surface area contributed by atoms with Crippen molar-refractivity contribution in [3.8, 4) is 0 Å². The number of nitrogens with zero attached hydrogens (tertiary/aromatic N) is 2. The number of hydrogen-bond acceptors (Lipinski definition) is 2. The Morgan fingerprint density at radius 1 is 1.64 bits per heavy atom. The molecule has 4 nitrogen and oxygen atoms in total. The fourth-order valence-electron chi connectivity index (χ4n) is 0.512. The molecule has 11 heavy (non-hydrogen) atoms. The van der Waals surface area contributed by atoms with E-state index in [0.717, 1.165) is 0 Å². The number of amides is 2. The van der Waals surface area contributed by atoms with Crippen molar-refractivity contribution in [2.45, 2.75) is 12.3 Å². The number of urea groups is 1. The largest absolute Gasteiger partial charge is 0.509 e. The van der Waals surface area contributed by atoms with Gasteiger partial charge in [0.05, 0.1) is 0 Å². The van der Waals surface area contributed by atoms with E-state index in [1.807, 2.05) is 0 Å². The molecule has 1 aliphatic rings. The van der Waals surface area contributed by atoms with E-state index < -0.39 is 18.4 Å². The number of aliphatic imine (C=N–C) groups is 1. The second-order valence-corrected chi connectivity index (χ2v) is 1.78. The van der Waals surface area contributed by atoms with Gasteiger partial charge in [-0.15, -0.1) is 0 Å². The molecule has 0 aromatic carbocycles. The average Bonchev–Trinajstić information content (AvgIpc) is 1.86. The van der Waals surface area contributed by atoms with E-state index in [9.17, 15) is 18.0 Å². The minimum Gasteiger partial charge on any atom is -0.266 e. The molecule has 1 rings (SSSR count). The standard InChI is InChI=1S/C4H3F3N3O/c5-4(6,7)2-8-1-9-3(11)10-2/h1-2,8H/q+1. The van der Waals surface area contributed by atoms with Crippen molar-refractivity contribution < 1.29 is 18.0 Å². The first-order valence-corrected chi connectivity index (χ1v) is 2.60. The van der Waals surface area contributed by atoms with Crippen LogP contribution in [0.25, 0.3) is 0 Å². The molecule has 2 amide bonds. The SMILES string of the molecule is O=C1[N]C(C(F)(F)F)NC=[N+]1. The summed E-state index contributed by atoms with van der Waals surface area (Å²) in [4.78, 5) is 13.2. The number of carbonyl (C=O) groups is 1. The quantitative estimate of drug-likeness (QED) is 0.530. The summed E-state index contributed by atoms with van der Waals surface area (Å²) >= 11 is 0. The molecule has 0 aromatic heterocycles. The molecule has 0 fully saturated rings. The minimum absolute atomic E-state index is 0.688. The van der Waals surface area contributed by atoms with Gasteiger partial charge in [0, 0.05) is 0 Å². The Morgan fingerprint density at radius 3 is 2.64 bits per heavy atom. The number of halogens is 3. The van der Waals surface area contributed by atoms with E-state index in [0.29, 0.717) is 6.34 Å². The Balaban J connectivity index is 2.64. The Labute approximate surface area is 59.5 Å². The third-order valence-corrected chi connectivity index (χ3v) is 0.957. The van der Waals surface area contributed by atoms with Crippen LogP contribution < -0.4 is 15.6 Å². The third-order valence-electron chi connectivity index (χ3n) is 0.957. The van der Waals surface area contributed by atoms with Gasteiger partial charge in [0.1, 0.15) is 0 Å². The van der Waals surface area contributed by atoms with E-state index in [1.165, 1.54) is 0 Å². The maximum atomic E-state index is 11.7. The van der Waals surface area contributed by atoms with Gasteiger partial charge in [-0.3, -0.25) is 5.32 Å². The van der Waals surface area contributed by atoms with Gasteiger partial charge < -0.3 is 0 Å². The van der Waals surface area contributed by atoms with Crippen LogP contribution in [-0.2, 0) is 0 Å². The highest BCUT2D eigenvalue weighted by Crippen LogP contribution is 2.18. The van der Waals surface area contributed by atoms with Crippen LogP contribution in [0.3, 0.4) is 0 Å². The van der Waals surface area contributed by atoms with Gasteiger partial charge >= 0.3 is 18.4 Å². The summed E-state index contributed by atoms with van der Waals surface area (Å²) in [5, 5.41) is 4.47. The molecule has 0 saturated carbocycles. The van der Waals surface area contributed by atoms with Crippen molar-refractivity contribution in [3.05, 3.63) is 0 Å². The molecular weight excluding hydrogens is 163 g/mol. The summed E-state index contributed by atoms with van der Waals surface area (Å²) in [7, 11) is 0. The van der Waals surface area contributed by atoms with E-state index in [1.54, 1.807) is 5.32 Å². The summed E-state index contributed by atoms with van der Waals surface area (Å²) in [5.41, 5.74) is 0.